The zero-order chi connectivity index (χ0) is 24.5. The Balaban J connectivity index is 1.92. The topological polar surface area (TPSA) is 49.4 Å². The standard InChI is InChI=1S/C30H36N2O2/c1-5-23(3)31-30(34)24(4)32(21-27-19-13-12-14-22(27)2)29(33)20-28(25-15-8-6-9-16-25)26-17-10-7-11-18-26/h6-19,23-24,28H,5,20-21H2,1-4H3,(H,31,34)/t23-,24+/m1/s1. The lowest BCUT2D eigenvalue weighted by atomic mass is 9.88. The first-order valence-corrected chi connectivity index (χ1v) is 12.1. The summed E-state index contributed by atoms with van der Waals surface area (Å²) in [5, 5.41) is 3.05. The molecule has 0 aliphatic heterocycles. The van der Waals surface area contributed by atoms with E-state index in [4.69, 9.17) is 0 Å². The number of nitrogens with zero attached hydrogens (tertiary/aromatic N) is 1. The van der Waals surface area contributed by atoms with Crippen LogP contribution in [0.15, 0.2) is 84.9 Å². The molecular weight excluding hydrogens is 420 g/mol. The Labute approximate surface area is 204 Å². The first kappa shape index (κ1) is 25.2. The van der Waals surface area contributed by atoms with Crippen molar-refractivity contribution in [3.05, 3.63) is 107 Å². The maximum atomic E-state index is 13.9. The summed E-state index contributed by atoms with van der Waals surface area (Å²) in [6.07, 6.45) is 1.13. The molecule has 0 aromatic heterocycles. The third kappa shape index (κ3) is 6.57. The van der Waals surface area contributed by atoms with Crippen LogP contribution >= 0.6 is 0 Å². The molecule has 0 radical (unpaired) electrons. The third-order valence-electron chi connectivity index (χ3n) is 6.55. The molecule has 0 spiro atoms. The van der Waals surface area contributed by atoms with Gasteiger partial charge in [-0.3, -0.25) is 9.59 Å². The van der Waals surface area contributed by atoms with E-state index in [0.717, 1.165) is 28.7 Å². The van der Waals surface area contributed by atoms with Crippen molar-refractivity contribution in [1.29, 1.82) is 0 Å². The van der Waals surface area contributed by atoms with Crippen LogP contribution in [0.4, 0.5) is 0 Å². The molecule has 178 valence electrons. The number of rotatable bonds is 10. The average molecular weight is 457 g/mol. The number of aryl methyl sites for hydroxylation is 1. The molecule has 0 saturated heterocycles. The fourth-order valence-electron chi connectivity index (χ4n) is 4.11. The van der Waals surface area contributed by atoms with Crippen molar-refractivity contribution in [3.8, 4) is 0 Å². The summed E-state index contributed by atoms with van der Waals surface area (Å²) in [6.45, 7) is 8.29. The van der Waals surface area contributed by atoms with Gasteiger partial charge in [0, 0.05) is 24.9 Å². The van der Waals surface area contributed by atoms with E-state index in [-0.39, 0.29) is 23.8 Å². The maximum Gasteiger partial charge on any atom is 0.242 e. The van der Waals surface area contributed by atoms with Gasteiger partial charge in [-0.1, -0.05) is 91.9 Å². The van der Waals surface area contributed by atoms with Gasteiger partial charge in [0.05, 0.1) is 0 Å². The average Bonchev–Trinajstić information content (AvgIpc) is 2.87. The van der Waals surface area contributed by atoms with Crippen LogP contribution in [-0.4, -0.2) is 28.8 Å². The van der Waals surface area contributed by atoms with Gasteiger partial charge >= 0.3 is 0 Å². The van der Waals surface area contributed by atoms with Crippen LogP contribution in [0.1, 0.15) is 61.8 Å². The fourth-order valence-corrected chi connectivity index (χ4v) is 4.11. The highest BCUT2D eigenvalue weighted by Gasteiger charge is 2.29. The molecule has 2 atom stereocenters. The fraction of sp³-hybridized carbons (Fsp3) is 0.333. The molecule has 0 bridgehead atoms. The molecule has 0 unspecified atom stereocenters. The highest BCUT2D eigenvalue weighted by molar-refractivity contribution is 5.88. The number of amides is 2. The molecule has 2 amide bonds. The minimum absolute atomic E-state index is 0.0345. The van der Waals surface area contributed by atoms with E-state index in [9.17, 15) is 9.59 Å². The van der Waals surface area contributed by atoms with Crippen LogP contribution in [0.25, 0.3) is 0 Å². The molecule has 0 aliphatic carbocycles. The second-order valence-corrected chi connectivity index (χ2v) is 9.02. The lowest BCUT2D eigenvalue weighted by Gasteiger charge is -2.31. The van der Waals surface area contributed by atoms with Gasteiger partial charge in [0.25, 0.3) is 0 Å². The molecule has 0 fully saturated rings. The van der Waals surface area contributed by atoms with E-state index in [1.165, 1.54) is 0 Å². The number of hydrogen-bond acceptors (Lipinski definition) is 2. The first-order chi connectivity index (χ1) is 16.4. The molecule has 3 aromatic rings. The van der Waals surface area contributed by atoms with Gasteiger partial charge < -0.3 is 10.2 Å². The number of nitrogens with one attached hydrogen (secondary N) is 1. The zero-order valence-corrected chi connectivity index (χ0v) is 20.7. The molecule has 3 rings (SSSR count). The Bertz CT molecular complexity index is 1030. The second-order valence-electron chi connectivity index (χ2n) is 9.02. The van der Waals surface area contributed by atoms with E-state index in [1.807, 2.05) is 88.4 Å². The van der Waals surface area contributed by atoms with Gasteiger partial charge in [0.2, 0.25) is 11.8 Å². The molecule has 4 nitrogen and oxygen atoms in total. The summed E-state index contributed by atoms with van der Waals surface area (Å²) in [7, 11) is 0. The minimum atomic E-state index is -0.576. The van der Waals surface area contributed by atoms with E-state index >= 15 is 0 Å². The highest BCUT2D eigenvalue weighted by Crippen LogP contribution is 2.29. The maximum absolute atomic E-state index is 13.9. The van der Waals surface area contributed by atoms with Crippen LogP contribution in [0, 0.1) is 6.92 Å². The van der Waals surface area contributed by atoms with Gasteiger partial charge in [-0.25, -0.2) is 0 Å². The van der Waals surface area contributed by atoms with Crippen molar-refractivity contribution >= 4 is 11.8 Å². The normalized spacial score (nSPS) is 12.7. The van der Waals surface area contributed by atoms with Crippen molar-refractivity contribution in [2.75, 3.05) is 0 Å². The quantitative estimate of drug-likeness (QED) is 0.416. The Morgan fingerprint density at radius 3 is 1.88 bits per heavy atom. The van der Waals surface area contributed by atoms with E-state index in [1.54, 1.807) is 4.90 Å². The van der Waals surface area contributed by atoms with Crippen LogP contribution in [0.5, 0.6) is 0 Å². The predicted molar refractivity (Wildman–Crippen MR) is 138 cm³/mol. The smallest absolute Gasteiger partial charge is 0.242 e. The molecule has 0 aliphatic rings. The van der Waals surface area contributed by atoms with Gasteiger partial charge in [0.1, 0.15) is 6.04 Å². The van der Waals surface area contributed by atoms with E-state index in [0.29, 0.717) is 13.0 Å². The first-order valence-electron chi connectivity index (χ1n) is 12.1. The lowest BCUT2D eigenvalue weighted by molar-refractivity contribution is -0.141. The van der Waals surface area contributed by atoms with Crippen molar-refractivity contribution in [2.45, 2.75) is 65.1 Å². The summed E-state index contributed by atoms with van der Waals surface area (Å²) >= 11 is 0. The largest absolute Gasteiger partial charge is 0.352 e. The third-order valence-corrected chi connectivity index (χ3v) is 6.55. The molecule has 34 heavy (non-hydrogen) atoms. The van der Waals surface area contributed by atoms with Crippen molar-refractivity contribution in [2.24, 2.45) is 0 Å². The SMILES string of the molecule is CC[C@@H](C)NC(=O)[C@H](C)N(Cc1ccccc1C)C(=O)CC(c1ccccc1)c1ccccc1. The Hall–Kier alpha value is -3.40. The van der Waals surface area contributed by atoms with Gasteiger partial charge in [-0.05, 0) is 49.4 Å². The van der Waals surface area contributed by atoms with Crippen LogP contribution in [0.3, 0.4) is 0 Å². The summed E-state index contributed by atoms with van der Waals surface area (Å²) < 4.78 is 0. The van der Waals surface area contributed by atoms with Crippen molar-refractivity contribution < 1.29 is 9.59 Å². The highest BCUT2D eigenvalue weighted by atomic mass is 16.2. The Morgan fingerprint density at radius 2 is 1.35 bits per heavy atom. The van der Waals surface area contributed by atoms with Gasteiger partial charge in [0.15, 0.2) is 0 Å². The summed E-state index contributed by atoms with van der Waals surface area (Å²) in [4.78, 5) is 28.7. The number of carbonyl (C=O) groups excluding carboxylic acids is 2. The summed E-state index contributed by atoms with van der Waals surface area (Å²) in [5.74, 6) is -0.237. The monoisotopic (exact) mass is 456 g/mol. The second kappa shape index (κ2) is 12.2. The number of benzene rings is 3. The summed E-state index contributed by atoms with van der Waals surface area (Å²) in [5.41, 5.74) is 4.34. The van der Waals surface area contributed by atoms with Crippen LogP contribution in [0.2, 0.25) is 0 Å². The lowest BCUT2D eigenvalue weighted by Crippen LogP contribution is -2.49. The molecule has 3 aromatic carbocycles. The number of carbonyl (C=O) groups is 2. The Kier molecular flexibility index (Phi) is 9.03. The van der Waals surface area contributed by atoms with Gasteiger partial charge in [-0.2, -0.15) is 0 Å². The Morgan fingerprint density at radius 1 is 0.824 bits per heavy atom. The van der Waals surface area contributed by atoms with Crippen molar-refractivity contribution in [1.82, 2.24) is 10.2 Å². The zero-order valence-electron chi connectivity index (χ0n) is 20.7. The molecule has 0 heterocycles. The van der Waals surface area contributed by atoms with Crippen molar-refractivity contribution in [3.63, 3.8) is 0 Å². The predicted octanol–water partition coefficient (Wildman–Crippen LogP) is 5.85. The summed E-state index contributed by atoms with van der Waals surface area (Å²) in [6, 6.07) is 27.8. The molecule has 4 heteroatoms. The van der Waals surface area contributed by atoms with E-state index in [2.05, 4.69) is 29.6 Å². The van der Waals surface area contributed by atoms with Crippen LogP contribution < -0.4 is 5.32 Å². The minimum Gasteiger partial charge on any atom is -0.352 e. The van der Waals surface area contributed by atoms with E-state index < -0.39 is 6.04 Å². The number of hydrogen-bond donors (Lipinski definition) is 1. The van der Waals surface area contributed by atoms with Gasteiger partial charge in [-0.15, -0.1) is 0 Å². The molecule has 0 saturated carbocycles. The molecular formula is C30H36N2O2. The van der Waals surface area contributed by atoms with Crippen LogP contribution in [-0.2, 0) is 16.1 Å². The molecule has 1 N–H and O–H groups in total.